The molecule has 0 aromatic rings. The number of rotatable bonds is 11. The fourth-order valence-corrected chi connectivity index (χ4v) is 2.77. The minimum Gasteiger partial charge on any atom is -0.756 e. The molecule has 0 aromatic carbocycles. The van der Waals surface area contributed by atoms with Gasteiger partial charge in [0.1, 0.15) is 36.6 Å². The maximum absolute atomic E-state index is 11.3. The fraction of sp³-hybridized carbons (Fsp3) is 1.00. The molecule has 13 heteroatoms. The first-order chi connectivity index (χ1) is 11.7. The Morgan fingerprint density at radius 1 is 1.20 bits per heavy atom. The number of ether oxygens (including phenoxy) is 3. The minimum absolute atomic E-state index is 0.223. The van der Waals surface area contributed by atoms with Crippen molar-refractivity contribution in [2.75, 3.05) is 34.0 Å². The van der Waals surface area contributed by atoms with E-state index in [2.05, 4.69) is 13.8 Å². The number of phosphoric acid groups is 1. The summed E-state index contributed by atoms with van der Waals surface area (Å²) in [5.74, 6) is 0. The molecule has 1 rings (SSSR count). The molecule has 0 aliphatic carbocycles. The Bertz CT molecular complexity index is 436. The lowest BCUT2D eigenvalue weighted by Crippen LogP contribution is -2.44. The van der Waals surface area contributed by atoms with Gasteiger partial charge in [0.05, 0.1) is 19.8 Å². The van der Waals surface area contributed by atoms with E-state index in [9.17, 15) is 35.0 Å². The lowest BCUT2D eigenvalue weighted by Gasteiger charge is -2.28. The predicted octanol–water partition coefficient (Wildman–Crippen LogP) is -3.69. The van der Waals surface area contributed by atoms with Crippen molar-refractivity contribution >= 4 is 7.82 Å². The van der Waals surface area contributed by atoms with Crippen LogP contribution in [0, 0.1) is 0 Å². The molecule has 1 aliphatic rings. The lowest BCUT2D eigenvalue weighted by atomic mass is 10.1. The quantitative estimate of drug-likeness (QED) is 0.217. The van der Waals surface area contributed by atoms with E-state index in [1.54, 1.807) is 0 Å². The van der Waals surface area contributed by atoms with Crippen LogP contribution < -0.4 is 4.89 Å². The van der Waals surface area contributed by atoms with Gasteiger partial charge in [-0.2, -0.15) is 0 Å². The largest absolute Gasteiger partial charge is 0.756 e. The molecular formula is C12H24O12P-. The molecule has 0 bridgehead atoms. The monoisotopic (exact) mass is 391 g/mol. The van der Waals surface area contributed by atoms with Crippen LogP contribution in [0.3, 0.4) is 0 Å². The number of aliphatic hydroxyl groups excluding tert-OH is 5. The maximum atomic E-state index is 11.3. The van der Waals surface area contributed by atoms with Gasteiger partial charge in [-0.3, -0.25) is 4.57 Å². The molecule has 0 radical (unpaired) electrons. The topological polar surface area (TPSA) is 187 Å². The Hall–Kier alpha value is -0.210. The molecule has 0 amide bonds. The summed E-state index contributed by atoms with van der Waals surface area (Å²) in [6.45, 7) is -1.46. The molecule has 1 saturated heterocycles. The van der Waals surface area contributed by atoms with Gasteiger partial charge in [0.25, 0.3) is 7.82 Å². The van der Waals surface area contributed by atoms with Crippen LogP contribution in [0.5, 0.6) is 0 Å². The molecule has 1 aliphatic heterocycles. The highest BCUT2D eigenvalue weighted by atomic mass is 31.2. The van der Waals surface area contributed by atoms with Crippen LogP contribution in [-0.2, 0) is 27.8 Å². The Kier molecular flexibility index (Phi) is 9.32. The van der Waals surface area contributed by atoms with Gasteiger partial charge in [-0.1, -0.05) is 0 Å². The van der Waals surface area contributed by atoms with Crippen molar-refractivity contribution in [2.24, 2.45) is 0 Å². The van der Waals surface area contributed by atoms with E-state index in [1.807, 2.05) is 0 Å². The average molecular weight is 391 g/mol. The zero-order valence-electron chi connectivity index (χ0n) is 13.7. The van der Waals surface area contributed by atoms with Crippen LogP contribution in [0.4, 0.5) is 0 Å². The van der Waals surface area contributed by atoms with Gasteiger partial charge in [-0.05, 0) is 0 Å². The van der Waals surface area contributed by atoms with Crippen molar-refractivity contribution in [3.8, 4) is 0 Å². The second-order valence-corrected chi connectivity index (χ2v) is 6.80. The Morgan fingerprint density at radius 2 is 1.80 bits per heavy atom. The minimum atomic E-state index is -4.70. The van der Waals surface area contributed by atoms with Gasteiger partial charge in [0, 0.05) is 14.2 Å². The summed E-state index contributed by atoms with van der Waals surface area (Å²) in [5.41, 5.74) is 0. The summed E-state index contributed by atoms with van der Waals surface area (Å²) in [4.78, 5) is 11.3. The number of aliphatic hydroxyl groups is 5. The molecule has 5 unspecified atom stereocenters. The number of hydrogen-bond acceptors (Lipinski definition) is 12. The lowest BCUT2D eigenvalue weighted by molar-refractivity contribution is -0.231. The maximum Gasteiger partial charge on any atom is 0.268 e. The molecule has 1 fully saturated rings. The fourth-order valence-electron chi connectivity index (χ4n) is 2.13. The van der Waals surface area contributed by atoms with Crippen LogP contribution >= 0.6 is 7.82 Å². The van der Waals surface area contributed by atoms with E-state index in [0.717, 1.165) is 7.11 Å². The summed E-state index contributed by atoms with van der Waals surface area (Å²) in [5, 5.41) is 48.2. The Morgan fingerprint density at radius 3 is 2.32 bits per heavy atom. The van der Waals surface area contributed by atoms with E-state index in [4.69, 9.17) is 9.47 Å². The molecule has 0 aromatic heterocycles. The van der Waals surface area contributed by atoms with Gasteiger partial charge in [-0.25, -0.2) is 0 Å². The van der Waals surface area contributed by atoms with Crippen molar-refractivity contribution in [3.63, 3.8) is 0 Å². The van der Waals surface area contributed by atoms with Crippen molar-refractivity contribution in [3.05, 3.63) is 0 Å². The highest BCUT2D eigenvalue weighted by Gasteiger charge is 2.47. The molecule has 5 N–H and O–H groups in total. The first-order valence-corrected chi connectivity index (χ1v) is 8.77. The van der Waals surface area contributed by atoms with Crippen molar-refractivity contribution in [1.82, 2.24) is 0 Å². The third-order valence-corrected chi connectivity index (χ3v) is 4.45. The third-order valence-electron chi connectivity index (χ3n) is 3.50. The predicted molar refractivity (Wildman–Crippen MR) is 77.1 cm³/mol. The number of phosphoric ester groups is 1. The zero-order valence-corrected chi connectivity index (χ0v) is 14.6. The van der Waals surface area contributed by atoms with Gasteiger partial charge in [-0.15, -0.1) is 0 Å². The van der Waals surface area contributed by atoms with E-state index < -0.39 is 64.0 Å². The zero-order chi connectivity index (χ0) is 19.2. The van der Waals surface area contributed by atoms with Gasteiger partial charge in [0.2, 0.25) is 0 Å². The second kappa shape index (κ2) is 10.2. The summed E-state index contributed by atoms with van der Waals surface area (Å²) in [6.07, 6.45) is -10.3. The van der Waals surface area contributed by atoms with Gasteiger partial charge < -0.3 is 53.7 Å². The first-order valence-electron chi connectivity index (χ1n) is 7.31. The standard InChI is InChI=1S/C12H25O12P/c1-20-4-6(14)9(16)7(15)5-22-12-10(17)11(8(3-13)23-12)24-25(18,19)21-2/h6-17H,3-5H2,1-2H3,(H,18,19)/p-1/t6?,7?,8-,9?,10?,11+,12-/m1/s1. The molecule has 150 valence electrons. The van der Waals surface area contributed by atoms with Gasteiger partial charge in [0.15, 0.2) is 6.29 Å². The normalized spacial score (nSPS) is 33.0. The summed E-state index contributed by atoms with van der Waals surface area (Å²) >= 11 is 0. The van der Waals surface area contributed by atoms with E-state index in [-0.39, 0.29) is 6.61 Å². The van der Waals surface area contributed by atoms with Crippen molar-refractivity contribution in [2.45, 2.75) is 42.9 Å². The van der Waals surface area contributed by atoms with Crippen LogP contribution in [-0.4, -0.2) is 102 Å². The summed E-state index contributed by atoms with van der Waals surface area (Å²) in [6, 6.07) is 0. The molecule has 0 spiro atoms. The first kappa shape index (κ1) is 22.8. The molecule has 25 heavy (non-hydrogen) atoms. The number of methoxy groups -OCH3 is 1. The second-order valence-electron chi connectivity index (χ2n) is 5.33. The van der Waals surface area contributed by atoms with Crippen molar-refractivity contribution < 1.29 is 58.2 Å². The molecule has 1 heterocycles. The molecule has 0 saturated carbocycles. The van der Waals surface area contributed by atoms with E-state index in [1.165, 1.54) is 7.11 Å². The number of hydrogen-bond donors (Lipinski definition) is 5. The van der Waals surface area contributed by atoms with Gasteiger partial charge >= 0.3 is 0 Å². The van der Waals surface area contributed by atoms with Crippen molar-refractivity contribution in [1.29, 1.82) is 0 Å². The van der Waals surface area contributed by atoms with Crippen LogP contribution in [0.2, 0.25) is 0 Å². The highest BCUT2D eigenvalue weighted by molar-refractivity contribution is 7.45. The van der Waals surface area contributed by atoms with Crippen LogP contribution in [0.15, 0.2) is 0 Å². The SMILES string of the molecule is COCC(O)C(O)C(O)CO[C@@H]1O[C@H](CO)[C@H](OP(=O)([O-])OC)C1O. The third kappa shape index (κ3) is 6.47. The Balaban J connectivity index is 2.61. The summed E-state index contributed by atoms with van der Waals surface area (Å²) < 4.78 is 34.9. The average Bonchev–Trinajstić information content (AvgIpc) is 2.87. The highest BCUT2D eigenvalue weighted by Crippen LogP contribution is 2.42. The van der Waals surface area contributed by atoms with Crippen LogP contribution in [0.25, 0.3) is 0 Å². The van der Waals surface area contributed by atoms with Crippen LogP contribution in [0.1, 0.15) is 0 Å². The van der Waals surface area contributed by atoms with E-state index in [0.29, 0.717) is 0 Å². The molecule has 8 atom stereocenters. The Labute approximate surface area is 144 Å². The van der Waals surface area contributed by atoms with E-state index >= 15 is 0 Å². The molecular weight excluding hydrogens is 367 g/mol. The smallest absolute Gasteiger partial charge is 0.268 e. The summed E-state index contributed by atoms with van der Waals surface area (Å²) in [7, 11) is -2.55. The molecule has 12 nitrogen and oxygen atoms in total.